The molecule has 0 amide bonds. The largest absolute Gasteiger partial charge is 0.507 e. The zero-order valence-electron chi connectivity index (χ0n) is 9.33. The van der Waals surface area contributed by atoms with Crippen LogP contribution in [0.3, 0.4) is 0 Å². The minimum Gasteiger partial charge on any atom is -0.507 e. The molecule has 3 nitrogen and oxygen atoms in total. The number of phenolic OH excluding ortho intramolecular Hbond substituents is 1. The molecule has 0 bridgehead atoms. The van der Waals surface area contributed by atoms with Gasteiger partial charge in [-0.3, -0.25) is 4.79 Å². The lowest BCUT2D eigenvalue weighted by Crippen LogP contribution is -2.02. The van der Waals surface area contributed by atoms with Crippen molar-refractivity contribution in [3.05, 3.63) is 28.8 Å². The SMILES string of the molecule is COC(=O)CCc1cc(C)c(O)c(C)c1. The number of rotatable bonds is 3. The molecule has 0 radical (unpaired) electrons. The maximum atomic E-state index is 11.0. The highest BCUT2D eigenvalue weighted by Gasteiger charge is 2.05. The molecule has 0 aromatic heterocycles. The van der Waals surface area contributed by atoms with E-state index in [2.05, 4.69) is 4.74 Å². The van der Waals surface area contributed by atoms with E-state index < -0.39 is 0 Å². The fourth-order valence-corrected chi connectivity index (χ4v) is 1.54. The van der Waals surface area contributed by atoms with Crippen LogP contribution >= 0.6 is 0 Å². The Morgan fingerprint density at radius 3 is 2.33 bits per heavy atom. The fourth-order valence-electron chi connectivity index (χ4n) is 1.54. The van der Waals surface area contributed by atoms with E-state index in [1.165, 1.54) is 7.11 Å². The Balaban J connectivity index is 2.75. The highest BCUT2D eigenvalue weighted by atomic mass is 16.5. The van der Waals surface area contributed by atoms with Gasteiger partial charge >= 0.3 is 5.97 Å². The van der Waals surface area contributed by atoms with Gasteiger partial charge in [0.1, 0.15) is 5.75 Å². The van der Waals surface area contributed by atoms with Crippen molar-refractivity contribution in [1.82, 2.24) is 0 Å². The second kappa shape index (κ2) is 4.82. The van der Waals surface area contributed by atoms with E-state index in [9.17, 15) is 9.90 Å². The van der Waals surface area contributed by atoms with Gasteiger partial charge in [0.15, 0.2) is 0 Å². The number of carbonyl (C=O) groups excluding carboxylic acids is 1. The summed E-state index contributed by atoms with van der Waals surface area (Å²) in [5.74, 6) is 0.121. The van der Waals surface area contributed by atoms with Crippen LogP contribution in [0.15, 0.2) is 12.1 Å². The Morgan fingerprint density at radius 2 is 1.87 bits per heavy atom. The molecule has 1 aromatic rings. The Labute approximate surface area is 89.7 Å². The second-order valence-corrected chi connectivity index (χ2v) is 3.65. The molecule has 0 aliphatic carbocycles. The summed E-state index contributed by atoms with van der Waals surface area (Å²) in [6.45, 7) is 3.70. The van der Waals surface area contributed by atoms with Gasteiger partial charge < -0.3 is 9.84 Å². The van der Waals surface area contributed by atoms with Gasteiger partial charge in [-0.25, -0.2) is 0 Å². The van der Waals surface area contributed by atoms with Gasteiger partial charge in [-0.1, -0.05) is 12.1 Å². The van der Waals surface area contributed by atoms with Crippen LogP contribution < -0.4 is 0 Å². The van der Waals surface area contributed by atoms with Crippen molar-refractivity contribution in [3.63, 3.8) is 0 Å². The number of ether oxygens (including phenoxy) is 1. The number of aromatic hydroxyl groups is 1. The lowest BCUT2D eigenvalue weighted by Gasteiger charge is -2.07. The van der Waals surface area contributed by atoms with E-state index >= 15 is 0 Å². The van der Waals surface area contributed by atoms with Gasteiger partial charge in [0, 0.05) is 6.42 Å². The van der Waals surface area contributed by atoms with Crippen LogP contribution in [-0.4, -0.2) is 18.2 Å². The lowest BCUT2D eigenvalue weighted by molar-refractivity contribution is -0.140. The molecule has 1 aromatic carbocycles. The van der Waals surface area contributed by atoms with Gasteiger partial charge in [-0.2, -0.15) is 0 Å². The van der Waals surface area contributed by atoms with Gasteiger partial charge in [0.25, 0.3) is 0 Å². The van der Waals surface area contributed by atoms with Gasteiger partial charge in [0.05, 0.1) is 7.11 Å². The van der Waals surface area contributed by atoms with Crippen molar-refractivity contribution in [2.45, 2.75) is 26.7 Å². The van der Waals surface area contributed by atoms with Crippen LogP contribution in [0, 0.1) is 13.8 Å². The standard InChI is InChI=1S/C12H16O3/c1-8-6-10(4-5-11(13)15-3)7-9(2)12(8)14/h6-7,14H,4-5H2,1-3H3. The number of phenols is 1. The summed E-state index contributed by atoms with van der Waals surface area (Å²) in [5.41, 5.74) is 2.73. The summed E-state index contributed by atoms with van der Waals surface area (Å²) < 4.78 is 4.57. The molecule has 3 heteroatoms. The van der Waals surface area contributed by atoms with E-state index in [1.807, 2.05) is 26.0 Å². The lowest BCUT2D eigenvalue weighted by atomic mass is 10.0. The van der Waals surface area contributed by atoms with Crippen molar-refractivity contribution >= 4 is 5.97 Å². The van der Waals surface area contributed by atoms with Crippen LogP contribution in [0.2, 0.25) is 0 Å². The maximum Gasteiger partial charge on any atom is 0.305 e. The summed E-state index contributed by atoms with van der Waals surface area (Å²) in [7, 11) is 1.38. The second-order valence-electron chi connectivity index (χ2n) is 3.65. The average Bonchev–Trinajstić information content (AvgIpc) is 2.22. The number of esters is 1. The van der Waals surface area contributed by atoms with Gasteiger partial charge in [-0.05, 0) is 37.0 Å². The molecule has 0 saturated heterocycles. The predicted octanol–water partition coefficient (Wildman–Crippen LogP) is 2.11. The molecular formula is C12H16O3. The summed E-state index contributed by atoms with van der Waals surface area (Å²) in [6.07, 6.45) is 1.02. The van der Waals surface area contributed by atoms with Crippen molar-refractivity contribution in [1.29, 1.82) is 0 Å². The zero-order valence-corrected chi connectivity index (χ0v) is 9.33. The van der Waals surface area contributed by atoms with Crippen LogP contribution in [0.25, 0.3) is 0 Å². The maximum absolute atomic E-state index is 11.0. The van der Waals surface area contributed by atoms with Crippen molar-refractivity contribution in [3.8, 4) is 5.75 Å². The molecule has 1 rings (SSSR count). The quantitative estimate of drug-likeness (QED) is 0.774. The summed E-state index contributed by atoms with van der Waals surface area (Å²) in [4.78, 5) is 11.0. The summed E-state index contributed by atoms with van der Waals surface area (Å²) >= 11 is 0. The topological polar surface area (TPSA) is 46.5 Å². The Hall–Kier alpha value is -1.51. The molecule has 0 fully saturated rings. The van der Waals surface area contributed by atoms with Crippen LogP contribution in [-0.2, 0) is 16.0 Å². The molecule has 0 aliphatic rings. The van der Waals surface area contributed by atoms with Gasteiger partial charge in [-0.15, -0.1) is 0 Å². The number of benzene rings is 1. The molecule has 15 heavy (non-hydrogen) atoms. The van der Waals surface area contributed by atoms with Crippen molar-refractivity contribution in [2.24, 2.45) is 0 Å². The molecule has 82 valence electrons. The average molecular weight is 208 g/mol. The number of hydrogen-bond acceptors (Lipinski definition) is 3. The predicted molar refractivity (Wildman–Crippen MR) is 57.9 cm³/mol. The molecule has 0 spiro atoms. The molecule has 1 N–H and O–H groups in total. The number of methoxy groups -OCH3 is 1. The van der Waals surface area contributed by atoms with E-state index in [1.54, 1.807) is 0 Å². The highest BCUT2D eigenvalue weighted by molar-refractivity contribution is 5.69. The van der Waals surface area contributed by atoms with E-state index in [0.717, 1.165) is 16.7 Å². The van der Waals surface area contributed by atoms with Crippen LogP contribution in [0.4, 0.5) is 0 Å². The molecule has 0 heterocycles. The first-order chi connectivity index (χ1) is 7.04. The first-order valence-electron chi connectivity index (χ1n) is 4.90. The minimum absolute atomic E-state index is 0.210. The first-order valence-corrected chi connectivity index (χ1v) is 4.90. The molecular weight excluding hydrogens is 192 g/mol. The Morgan fingerprint density at radius 1 is 1.33 bits per heavy atom. The number of carbonyl (C=O) groups is 1. The zero-order chi connectivity index (χ0) is 11.4. The third kappa shape index (κ3) is 2.98. The highest BCUT2D eigenvalue weighted by Crippen LogP contribution is 2.23. The third-order valence-electron chi connectivity index (χ3n) is 2.40. The molecule has 0 unspecified atom stereocenters. The van der Waals surface area contributed by atoms with Gasteiger partial charge in [0.2, 0.25) is 0 Å². The normalized spacial score (nSPS) is 10.1. The number of hydrogen-bond donors (Lipinski definition) is 1. The third-order valence-corrected chi connectivity index (χ3v) is 2.40. The van der Waals surface area contributed by atoms with Crippen molar-refractivity contribution in [2.75, 3.05) is 7.11 Å². The molecule has 0 atom stereocenters. The van der Waals surface area contributed by atoms with E-state index in [0.29, 0.717) is 18.6 Å². The van der Waals surface area contributed by atoms with Crippen LogP contribution in [0.5, 0.6) is 5.75 Å². The summed E-state index contributed by atoms with van der Waals surface area (Å²) in [5, 5.41) is 9.56. The Kier molecular flexibility index (Phi) is 3.72. The van der Waals surface area contributed by atoms with Crippen LogP contribution in [0.1, 0.15) is 23.1 Å². The smallest absolute Gasteiger partial charge is 0.305 e. The van der Waals surface area contributed by atoms with E-state index in [-0.39, 0.29) is 5.97 Å². The fraction of sp³-hybridized carbons (Fsp3) is 0.417. The van der Waals surface area contributed by atoms with Crippen molar-refractivity contribution < 1.29 is 14.6 Å². The molecule has 0 saturated carbocycles. The molecule has 0 aliphatic heterocycles. The number of aryl methyl sites for hydroxylation is 3. The summed E-state index contributed by atoms with van der Waals surface area (Å²) in [6, 6.07) is 3.79. The van der Waals surface area contributed by atoms with E-state index in [4.69, 9.17) is 0 Å². The monoisotopic (exact) mass is 208 g/mol. The Bertz CT molecular complexity index is 346. The minimum atomic E-state index is -0.210. The first kappa shape index (κ1) is 11.6.